The molecule has 31 heavy (non-hydrogen) atoms. The maximum Gasteiger partial charge on any atom is 0.413 e. The van der Waals surface area contributed by atoms with Gasteiger partial charge in [0.05, 0.1) is 11.8 Å². The number of nitrogens with one attached hydrogen (secondary N) is 3. The first-order valence-electron chi connectivity index (χ1n) is 9.57. The van der Waals surface area contributed by atoms with Crippen LogP contribution >= 0.6 is 0 Å². The standard InChI is InChI=1S/C21H19N7O3/c1-22-20-17-18(28(2)11-23-17)14-9-15(24-19(14)26-20)13-5-3-4-12(8-13)10-30-21(29)25-16-6-7-31-27-16/h3-9,11H,10H2,1-2H3,(H2,22,24,26)(H,25,27,29). The van der Waals surface area contributed by atoms with Crippen LogP contribution in [0.2, 0.25) is 0 Å². The summed E-state index contributed by atoms with van der Waals surface area (Å²) in [5, 5.41) is 10.2. The number of carbonyl (C=O) groups is 1. The molecule has 5 aromatic rings. The topological polar surface area (TPSA) is 123 Å². The van der Waals surface area contributed by atoms with Gasteiger partial charge in [0.25, 0.3) is 0 Å². The number of rotatable bonds is 5. The number of hydrogen-bond acceptors (Lipinski definition) is 7. The van der Waals surface area contributed by atoms with Gasteiger partial charge < -0.3 is 24.1 Å². The number of amides is 1. The molecule has 0 atom stereocenters. The molecule has 156 valence electrons. The molecule has 10 heteroatoms. The van der Waals surface area contributed by atoms with Crippen molar-refractivity contribution in [2.45, 2.75) is 6.61 Å². The van der Waals surface area contributed by atoms with Gasteiger partial charge in [-0.05, 0) is 23.3 Å². The van der Waals surface area contributed by atoms with Gasteiger partial charge in [-0.1, -0.05) is 23.4 Å². The van der Waals surface area contributed by atoms with Crippen LogP contribution in [-0.2, 0) is 18.4 Å². The van der Waals surface area contributed by atoms with Crippen LogP contribution in [0.1, 0.15) is 5.56 Å². The summed E-state index contributed by atoms with van der Waals surface area (Å²) in [5.41, 5.74) is 5.30. The van der Waals surface area contributed by atoms with E-state index in [1.54, 1.807) is 6.33 Å². The minimum Gasteiger partial charge on any atom is -0.444 e. The van der Waals surface area contributed by atoms with Crippen LogP contribution in [0.5, 0.6) is 0 Å². The summed E-state index contributed by atoms with van der Waals surface area (Å²) in [4.78, 5) is 24.4. The van der Waals surface area contributed by atoms with Crippen molar-refractivity contribution in [3.63, 3.8) is 0 Å². The van der Waals surface area contributed by atoms with Crippen LogP contribution in [0, 0.1) is 0 Å². The summed E-state index contributed by atoms with van der Waals surface area (Å²) in [7, 11) is 3.79. The normalized spacial score (nSPS) is 11.2. The third-order valence-electron chi connectivity index (χ3n) is 4.95. The Morgan fingerprint density at radius 1 is 1.29 bits per heavy atom. The van der Waals surface area contributed by atoms with Gasteiger partial charge in [-0.2, -0.15) is 0 Å². The molecule has 0 aliphatic rings. The van der Waals surface area contributed by atoms with Crippen LogP contribution in [0.25, 0.3) is 33.3 Å². The number of anilines is 2. The second kappa shape index (κ2) is 7.48. The van der Waals surface area contributed by atoms with Gasteiger partial charge in [0.2, 0.25) is 0 Å². The van der Waals surface area contributed by atoms with Gasteiger partial charge in [0, 0.05) is 31.2 Å². The van der Waals surface area contributed by atoms with E-state index in [2.05, 4.69) is 41.3 Å². The number of ether oxygens (including phenoxy) is 1. The van der Waals surface area contributed by atoms with E-state index in [4.69, 9.17) is 4.74 Å². The Kier molecular flexibility index (Phi) is 4.51. The first kappa shape index (κ1) is 18.7. The Labute approximate surface area is 176 Å². The average molecular weight is 417 g/mol. The Morgan fingerprint density at radius 3 is 3.00 bits per heavy atom. The van der Waals surface area contributed by atoms with E-state index in [0.717, 1.165) is 44.7 Å². The monoisotopic (exact) mass is 417 g/mol. The molecule has 3 N–H and O–H groups in total. The van der Waals surface area contributed by atoms with Crippen molar-refractivity contribution >= 4 is 39.8 Å². The summed E-state index contributed by atoms with van der Waals surface area (Å²) in [6.07, 6.45) is 2.54. The average Bonchev–Trinajstić information content (AvgIpc) is 3.52. The zero-order chi connectivity index (χ0) is 21.4. The van der Waals surface area contributed by atoms with E-state index >= 15 is 0 Å². The number of fused-ring (bicyclic) bond motifs is 3. The lowest BCUT2D eigenvalue weighted by Crippen LogP contribution is -2.13. The summed E-state index contributed by atoms with van der Waals surface area (Å²) in [6.45, 7) is 0.117. The highest BCUT2D eigenvalue weighted by Gasteiger charge is 2.15. The molecule has 0 aliphatic carbocycles. The molecule has 0 unspecified atom stereocenters. The first-order chi connectivity index (χ1) is 15.1. The zero-order valence-corrected chi connectivity index (χ0v) is 16.8. The number of pyridine rings is 1. The SMILES string of the molecule is CNc1nc2[nH]c(-c3cccc(COC(=O)Nc4ccon4)c3)cc2c2c1ncn2C. The van der Waals surface area contributed by atoms with Crippen molar-refractivity contribution in [1.82, 2.24) is 24.7 Å². The first-order valence-corrected chi connectivity index (χ1v) is 9.57. The largest absolute Gasteiger partial charge is 0.444 e. The predicted molar refractivity (Wildman–Crippen MR) is 116 cm³/mol. The van der Waals surface area contributed by atoms with Crippen LogP contribution in [0.4, 0.5) is 16.4 Å². The number of aromatic amines is 1. The molecular formula is C21H19N7O3. The fourth-order valence-electron chi connectivity index (χ4n) is 3.52. The van der Waals surface area contributed by atoms with E-state index in [1.165, 1.54) is 12.3 Å². The molecule has 4 aromatic heterocycles. The Bertz CT molecular complexity index is 1390. The molecule has 10 nitrogen and oxygen atoms in total. The second-order valence-electron chi connectivity index (χ2n) is 6.99. The third kappa shape index (κ3) is 3.44. The van der Waals surface area contributed by atoms with Crippen LogP contribution in [0.15, 0.2) is 53.5 Å². The van der Waals surface area contributed by atoms with E-state index < -0.39 is 6.09 Å². The quantitative estimate of drug-likeness (QED) is 0.396. The Morgan fingerprint density at radius 2 is 2.19 bits per heavy atom. The van der Waals surface area contributed by atoms with Gasteiger partial charge in [-0.15, -0.1) is 0 Å². The van der Waals surface area contributed by atoms with Crippen molar-refractivity contribution in [1.29, 1.82) is 0 Å². The molecule has 0 aliphatic heterocycles. The van der Waals surface area contributed by atoms with Gasteiger partial charge in [-0.3, -0.25) is 5.32 Å². The number of H-pyrrole nitrogens is 1. The lowest BCUT2D eigenvalue weighted by molar-refractivity contribution is 0.155. The Hall–Kier alpha value is -4.34. The molecule has 0 spiro atoms. The van der Waals surface area contributed by atoms with E-state index in [0.29, 0.717) is 5.82 Å². The lowest BCUT2D eigenvalue weighted by atomic mass is 10.1. The molecule has 0 saturated carbocycles. The fourth-order valence-corrected chi connectivity index (χ4v) is 3.52. The van der Waals surface area contributed by atoms with Crippen molar-refractivity contribution < 1.29 is 14.1 Å². The maximum atomic E-state index is 11.9. The summed E-state index contributed by atoms with van der Waals surface area (Å²) in [6, 6.07) is 11.4. The van der Waals surface area contributed by atoms with Crippen molar-refractivity contribution in [3.05, 3.63) is 54.6 Å². The molecule has 1 aromatic carbocycles. The number of nitrogens with zero attached hydrogens (tertiary/aromatic N) is 4. The molecular weight excluding hydrogens is 398 g/mol. The number of aromatic nitrogens is 5. The number of hydrogen-bond donors (Lipinski definition) is 3. The summed E-state index contributed by atoms with van der Waals surface area (Å²) < 4.78 is 11.9. The number of imidazole rings is 1. The molecule has 1 amide bonds. The number of aryl methyl sites for hydroxylation is 1. The minimum absolute atomic E-state index is 0.117. The third-order valence-corrected chi connectivity index (χ3v) is 4.95. The van der Waals surface area contributed by atoms with E-state index in [-0.39, 0.29) is 6.61 Å². The van der Waals surface area contributed by atoms with Gasteiger partial charge in [0.1, 0.15) is 24.0 Å². The molecule has 4 heterocycles. The molecule has 0 saturated heterocycles. The highest BCUT2D eigenvalue weighted by Crippen LogP contribution is 2.31. The molecule has 0 radical (unpaired) electrons. The van der Waals surface area contributed by atoms with Crippen molar-refractivity contribution in [2.24, 2.45) is 7.05 Å². The van der Waals surface area contributed by atoms with Crippen molar-refractivity contribution in [2.75, 3.05) is 17.7 Å². The summed E-state index contributed by atoms with van der Waals surface area (Å²) in [5.74, 6) is 1.02. The van der Waals surface area contributed by atoms with E-state index in [1.807, 2.05) is 42.9 Å². The minimum atomic E-state index is -0.604. The van der Waals surface area contributed by atoms with Crippen molar-refractivity contribution in [3.8, 4) is 11.3 Å². The smallest absolute Gasteiger partial charge is 0.413 e. The zero-order valence-electron chi connectivity index (χ0n) is 16.8. The Balaban J connectivity index is 1.42. The number of benzene rings is 1. The van der Waals surface area contributed by atoms with Gasteiger partial charge in [0.15, 0.2) is 11.6 Å². The van der Waals surface area contributed by atoms with Crippen LogP contribution in [0.3, 0.4) is 0 Å². The predicted octanol–water partition coefficient (Wildman–Crippen LogP) is 3.90. The van der Waals surface area contributed by atoms with Gasteiger partial charge >= 0.3 is 6.09 Å². The molecule has 5 rings (SSSR count). The van der Waals surface area contributed by atoms with E-state index in [9.17, 15) is 4.79 Å². The maximum absolute atomic E-state index is 11.9. The fraction of sp³-hybridized carbons (Fsp3) is 0.143. The summed E-state index contributed by atoms with van der Waals surface area (Å²) >= 11 is 0. The highest BCUT2D eigenvalue weighted by molar-refractivity contribution is 6.07. The molecule has 0 bridgehead atoms. The lowest BCUT2D eigenvalue weighted by Gasteiger charge is -2.06. The number of carbonyl (C=O) groups excluding carboxylic acids is 1. The highest BCUT2D eigenvalue weighted by atomic mass is 16.5. The second-order valence-corrected chi connectivity index (χ2v) is 6.99. The van der Waals surface area contributed by atoms with Gasteiger partial charge in [-0.25, -0.2) is 14.8 Å². The van der Waals surface area contributed by atoms with Crippen LogP contribution < -0.4 is 10.6 Å². The molecule has 0 fully saturated rings. The van der Waals surface area contributed by atoms with Crippen LogP contribution in [-0.4, -0.2) is 37.8 Å².